The number of anilines is 1. The summed E-state index contributed by atoms with van der Waals surface area (Å²) >= 11 is 7.28. The predicted octanol–water partition coefficient (Wildman–Crippen LogP) is 4.74. The van der Waals surface area contributed by atoms with Crippen molar-refractivity contribution in [1.29, 1.82) is 0 Å². The fraction of sp³-hybridized carbons (Fsp3) is 0.294. The SMILES string of the molecule is CC(N)Cc1ccc(N(C)Cc2ccccc2Br)c(Br)c1. The minimum absolute atomic E-state index is 0.181. The Labute approximate surface area is 143 Å². The molecule has 0 amide bonds. The number of nitrogens with two attached hydrogens (primary N) is 1. The van der Waals surface area contributed by atoms with Gasteiger partial charge in [0.2, 0.25) is 0 Å². The van der Waals surface area contributed by atoms with Crippen molar-refractivity contribution in [3.05, 3.63) is 62.5 Å². The fourth-order valence-electron chi connectivity index (χ4n) is 2.33. The Morgan fingerprint density at radius 1 is 1.10 bits per heavy atom. The predicted molar refractivity (Wildman–Crippen MR) is 97.7 cm³/mol. The zero-order valence-electron chi connectivity index (χ0n) is 12.3. The first-order valence-electron chi connectivity index (χ1n) is 6.96. The minimum atomic E-state index is 0.181. The van der Waals surface area contributed by atoms with E-state index < -0.39 is 0 Å². The number of benzene rings is 2. The lowest BCUT2D eigenvalue weighted by Gasteiger charge is -2.22. The van der Waals surface area contributed by atoms with Gasteiger partial charge in [0.05, 0.1) is 5.69 Å². The Kier molecular flexibility index (Phi) is 5.85. The third kappa shape index (κ3) is 4.56. The van der Waals surface area contributed by atoms with E-state index in [-0.39, 0.29) is 6.04 Å². The van der Waals surface area contributed by atoms with Gasteiger partial charge in [-0.3, -0.25) is 0 Å². The van der Waals surface area contributed by atoms with Crippen LogP contribution >= 0.6 is 31.9 Å². The van der Waals surface area contributed by atoms with E-state index in [0.717, 1.165) is 21.9 Å². The molecular formula is C17H20Br2N2. The van der Waals surface area contributed by atoms with Gasteiger partial charge in [0.25, 0.3) is 0 Å². The molecule has 2 N–H and O–H groups in total. The Hall–Kier alpha value is -0.840. The third-order valence-corrected chi connectivity index (χ3v) is 4.76. The highest BCUT2D eigenvalue weighted by atomic mass is 79.9. The highest BCUT2D eigenvalue weighted by Gasteiger charge is 2.09. The number of hydrogen-bond acceptors (Lipinski definition) is 2. The van der Waals surface area contributed by atoms with Crippen molar-refractivity contribution in [2.75, 3.05) is 11.9 Å². The zero-order chi connectivity index (χ0) is 15.4. The lowest BCUT2D eigenvalue weighted by Crippen LogP contribution is -2.19. The molecule has 0 saturated heterocycles. The molecule has 0 aliphatic carbocycles. The molecule has 2 aromatic carbocycles. The van der Waals surface area contributed by atoms with Gasteiger partial charge in [-0.05, 0) is 58.6 Å². The van der Waals surface area contributed by atoms with Gasteiger partial charge in [-0.1, -0.05) is 40.2 Å². The molecule has 0 spiro atoms. The second-order valence-electron chi connectivity index (χ2n) is 5.41. The number of rotatable bonds is 5. The van der Waals surface area contributed by atoms with E-state index in [9.17, 15) is 0 Å². The average molecular weight is 412 g/mol. The van der Waals surface area contributed by atoms with Crippen LogP contribution in [0.1, 0.15) is 18.1 Å². The summed E-state index contributed by atoms with van der Waals surface area (Å²) in [4.78, 5) is 2.24. The van der Waals surface area contributed by atoms with Crippen LogP contribution in [0.2, 0.25) is 0 Å². The van der Waals surface area contributed by atoms with Crippen molar-refractivity contribution in [1.82, 2.24) is 0 Å². The van der Waals surface area contributed by atoms with E-state index >= 15 is 0 Å². The summed E-state index contributed by atoms with van der Waals surface area (Å²) in [5.41, 5.74) is 9.57. The first kappa shape index (κ1) is 16.5. The topological polar surface area (TPSA) is 29.3 Å². The molecule has 2 nitrogen and oxygen atoms in total. The van der Waals surface area contributed by atoms with E-state index in [2.05, 4.69) is 80.2 Å². The van der Waals surface area contributed by atoms with Crippen LogP contribution in [0.25, 0.3) is 0 Å². The molecule has 0 aromatic heterocycles. The smallest absolute Gasteiger partial charge is 0.0511 e. The molecule has 0 aliphatic rings. The van der Waals surface area contributed by atoms with Gasteiger partial charge >= 0.3 is 0 Å². The van der Waals surface area contributed by atoms with Crippen LogP contribution in [0.5, 0.6) is 0 Å². The van der Waals surface area contributed by atoms with Gasteiger partial charge in [-0.25, -0.2) is 0 Å². The van der Waals surface area contributed by atoms with Crippen molar-refractivity contribution in [3.8, 4) is 0 Å². The summed E-state index contributed by atoms with van der Waals surface area (Å²) in [5, 5.41) is 0. The monoisotopic (exact) mass is 410 g/mol. The molecule has 2 aromatic rings. The maximum Gasteiger partial charge on any atom is 0.0511 e. The molecule has 4 heteroatoms. The molecule has 2 rings (SSSR count). The first-order chi connectivity index (χ1) is 9.97. The lowest BCUT2D eigenvalue weighted by molar-refractivity contribution is 0.737. The van der Waals surface area contributed by atoms with E-state index in [4.69, 9.17) is 5.73 Å². The van der Waals surface area contributed by atoms with Gasteiger partial charge in [0.1, 0.15) is 0 Å². The largest absolute Gasteiger partial charge is 0.369 e. The Bertz CT molecular complexity index is 611. The van der Waals surface area contributed by atoms with Crippen molar-refractivity contribution in [2.24, 2.45) is 5.73 Å². The quantitative estimate of drug-likeness (QED) is 0.769. The second-order valence-corrected chi connectivity index (χ2v) is 7.12. The normalized spacial score (nSPS) is 12.2. The van der Waals surface area contributed by atoms with Crippen LogP contribution < -0.4 is 10.6 Å². The zero-order valence-corrected chi connectivity index (χ0v) is 15.5. The summed E-state index contributed by atoms with van der Waals surface area (Å²) in [7, 11) is 2.10. The van der Waals surface area contributed by atoms with Gasteiger partial charge in [0, 0.05) is 28.6 Å². The van der Waals surface area contributed by atoms with Crippen LogP contribution in [-0.4, -0.2) is 13.1 Å². The van der Waals surface area contributed by atoms with Crippen LogP contribution in [0, 0.1) is 0 Å². The molecule has 0 aliphatic heterocycles. The van der Waals surface area contributed by atoms with Crippen LogP contribution in [0.3, 0.4) is 0 Å². The van der Waals surface area contributed by atoms with Crippen molar-refractivity contribution < 1.29 is 0 Å². The van der Waals surface area contributed by atoms with Crippen molar-refractivity contribution in [3.63, 3.8) is 0 Å². The van der Waals surface area contributed by atoms with E-state index in [1.807, 2.05) is 13.0 Å². The summed E-state index contributed by atoms with van der Waals surface area (Å²) in [5.74, 6) is 0. The summed E-state index contributed by atoms with van der Waals surface area (Å²) < 4.78 is 2.25. The molecule has 0 radical (unpaired) electrons. The van der Waals surface area contributed by atoms with E-state index in [1.165, 1.54) is 16.8 Å². The second kappa shape index (κ2) is 7.43. The molecule has 0 fully saturated rings. The standard InChI is InChI=1S/C17H20Br2N2/c1-12(20)9-13-7-8-17(16(19)10-13)21(2)11-14-5-3-4-6-15(14)18/h3-8,10,12H,9,11,20H2,1-2H3. The number of hydrogen-bond donors (Lipinski definition) is 1. The van der Waals surface area contributed by atoms with Crippen LogP contribution in [0.15, 0.2) is 51.4 Å². The molecule has 112 valence electrons. The first-order valence-corrected chi connectivity index (χ1v) is 8.54. The Balaban J connectivity index is 2.16. The van der Waals surface area contributed by atoms with Crippen molar-refractivity contribution >= 4 is 37.5 Å². The van der Waals surface area contributed by atoms with Gasteiger partial charge in [0.15, 0.2) is 0 Å². The summed E-state index contributed by atoms with van der Waals surface area (Å²) in [6.45, 7) is 2.88. The summed E-state index contributed by atoms with van der Waals surface area (Å²) in [6, 6.07) is 15.0. The highest BCUT2D eigenvalue weighted by Crippen LogP contribution is 2.29. The minimum Gasteiger partial charge on any atom is -0.369 e. The third-order valence-electron chi connectivity index (χ3n) is 3.35. The number of nitrogens with zero attached hydrogens (tertiary/aromatic N) is 1. The van der Waals surface area contributed by atoms with Crippen LogP contribution in [-0.2, 0) is 13.0 Å². The van der Waals surface area contributed by atoms with Crippen LogP contribution in [0.4, 0.5) is 5.69 Å². The molecule has 1 atom stereocenters. The maximum absolute atomic E-state index is 5.86. The summed E-state index contributed by atoms with van der Waals surface area (Å²) in [6.07, 6.45) is 0.896. The Morgan fingerprint density at radius 2 is 1.81 bits per heavy atom. The molecule has 1 unspecified atom stereocenters. The maximum atomic E-state index is 5.86. The van der Waals surface area contributed by atoms with Gasteiger partial charge < -0.3 is 10.6 Å². The average Bonchev–Trinajstić information content (AvgIpc) is 2.40. The molecule has 0 saturated carbocycles. The van der Waals surface area contributed by atoms with Gasteiger partial charge in [-0.2, -0.15) is 0 Å². The highest BCUT2D eigenvalue weighted by molar-refractivity contribution is 9.11. The molecule has 0 heterocycles. The molecular weight excluding hydrogens is 392 g/mol. The Morgan fingerprint density at radius 3 is 2.43 bits per heavy atom. The molecule has 21 heavy (non-hydrogen) atoms. The van der Waals surface area contributed by atoms with E-state index in [0.29, 0.717) is 0 Å². The van der Waals surface area contributed by atoms with E-state index in [1.54, 1.807) is 0 Å². The lowest BCUT2D eigenvalue weighted by atomic mass is 10.1. The number of halogens is 2. The fourth-order valence-corrected chi connectivity index (χ4v) is 3.47. The van der Waals surface area contributed by atoms with Gasteiger partial charge in [-0.15, -0.1) is 0 Å². The van der Waals surface area contributed by atoms with Crippen molar-refractivity contribution in [2.45, 2.75) is 25.9 Å². The molecule has 0 bridgehead atoms.